The molecule has 3 aromatic rings. The maximum atomic E-state index is 11.2. The first-order valence-electron chi connectivity index (χ1n) is 39.9. The van der Waals surface area contributed by atoms with Crippen molar-refractivity contribution in [2.75, 3.05) is 72.0 Å². The Balaban J connectivity index is 0.000000344. The van der Waals surface area contributed by atoms with Gasteiger partial charge in [0.1, 0.15) is 36.2 Å². The second kappa shape index (κ2) is 58.9. The lowest BCUT2D eigenvalue weighted by atomic mass is 9.78. The van der Waals surface area contributed by atoms with Gasteiger partial charge in [-0.25, -0.2) is 24.0 Å². The number of carboxylic acid groups (broad SMARTS) is 2. The zero-order valence-corrected chi connectivity index (χ0v) is 70.9. The molecular formula is C72H130N36O14. The lowest BCUT2D eigenvalue weighted by Gasteiger charge is -2.26. The third-order valence-electron chi connectivity index (χ3n) is 19.5. The Morgan fingerprint density at radius 1 is 0.385 bits per heavy atom. The van der Waals surface area contributed by atoms with Gasteiger partial charge in [0.25, 0.3) is 0 Å². The second-order valence-electron chi connectivity index (χ2n) is 28.8. The molecule has 2 aliphatic carbocycles. The first-order valence-corrected chi connectivity index (χ1v) is 39.9. The summed E-state index contributed by atoms with van der Waals surface area (Å²) in [7, 11) is 0. The van der Waals surface area contributed by atoms with Crippen LogP contribution < -0.4 is 122 Å². The number of nitrogens with one attached hydrogen (secondary N) is 14. The van der Waals surface area contributed by atoms with Crippen molar-refractivity contribution in [2.24, 2.45) is 69.5 Å². The van der Waals surface area contributed by atoms with Crippen molar-refractivity contribution < 1.29 is 67.7 Å². The molecule has 0 spiro atoms. The molecule has 8 unspecified atom stereocenters. The van der Waals surface area contributed by atoms with Gasteiger partial charge < -0.3 is 104 Å². The van der Waals surface area contributed by atoms with Crippen LogP contribution in [0.25, 0.3) is 0 Å². The van der Waals surface area contributed by atoms with Crippen LogP contribution in [0.15, 0.2) is 78.1 Å². The molecule has 0 bridgehead atoms. The van der Waals surface area contributed by atoms with E-state index in [-0.39, 0.29) is 91.6 Å². The number of Topliss-reactive ketones (excluding diaryl/α,β-unsaturated/α-hetero) is 8. The zero-order valence-electron chi connectivity index (χ0n) is 70.9. The normalized spacial score (nSPS) is 21.1. The van der Waals surface area contributed by atoms with Crippen LogP contribution in [0, 0.1) is 23.7 Å². The van der Waals surface area contributed by atoms with Crippen molar-refractivity contribution in [3.8, 4) is 0 Å². The molecule has 4 saturated heterocycles. The molecule has 11 aliphatic rings. The van der Waals surface area contributed by atoms with Crippen LogP contribution in [0.2, 0.25) is 0 Å². The predicted octanol–water partition coefficient (Wildman–Crippen LogP) is -5.96. The smallest absolute Gasteiger partial charge is 0.427 e. The zero-order chi connectivity index (χ0) is 90.6. The third-order valence-corrected chi connectivity index (χ3v) is 19.5. The average molecular weight is 1720 g/mol. The Morgan fingerprint density at radius 2 is 0.730 bits per heavy atom. The number of amides is 3. The van der Waals surface area contributed by atoms with E-state index in [0.717, 1.165) is 107 Å². The number of hydrazine groups is 10. The molecule has 9 aliphatic heterocycles. The fraction of sp³-hybridized carbons (Fsp3) is 0.611. The summed E-state index contributed by atoms with van der Waals surface area (Å²) >= 11 is 0. The molecule has 3 aromatic heterocycles. The Morgan fingerprint density at radius 3 is 1.02 bits per heavy atom. The maximum absolute atomic E-state index is 11.2. The monoisotopic (exact) mass is 1720 g/mol. The molecule has 14 rings (SSSR count). The van der Waals surface area contributed by atoms with Gasteiger partial charge in [-0.15, -0.1) is 43.0 Å². The van der Waals surface area contributed by atoms with Gasteiger partial charge in [-0.2, -0.15) is 14.7 Å². The molecule has 0 aromatic carbocycles. The number of aromatic nitrogens is 9. The van der Waals surface area contributed by atoms with E-state index >= 15 is 0 Å². The van der Waals surface area contributed by atoms with E-state index in [1.54, 1.807) is 68.7 Å². The molecule has 50 heteroatoms. The molecule has 32 N–H and O–H groups in total. The molecule has 12 heterocycles. The van der Waals surface area contributed by atoms with E-state index < -0.39 is 12.2 Å². The van der Waals surface area contributed by atoms with E-state index in [1.165, 1.54) is 112 Å². The van der Waals surface area contributed by atoms with Gasteiger partial charge >= 0.3 is 12.2 Å². The van der Waals surface area contributed by atoms with Gasteiger partial charge in [0.2, 0.25) is 12.8 Å². The lowest BCUT2D eigenvalue weighted by molar-refractivity contribution is -0.120. The molecule has 682 valence electrons. The first kappa shape index (κ1) is 105. The lowest BCUT2D eigenvalue weighted by Crippen LogP contribution is -2.42. The molecule has 6 fully saturated rings. The minimum absolute atomic E-state index is 0.0465. The number of nitrogens with two attached hydrogens (primary N) is 8. The summed E-state index contributed by atoms with van der Waals surface area (Å²) in [5.74, 6) is 4.45. The second-order valence-corrected chi connectivity index (χ2v) is 28.8. The van der Waals surface area contributed by atoms with Gasteiger partial charge in [0, 0.05) is 83.4 Å². The summed E-state index contributed by atoms with van der Waals surface area (Å²) in [6, 6.07) is 0.732. The van der Waals surface area contributed by atoms with Crippen LogP contribution in [-0.2, 0) is 80.7 Å². The van der Waals surface area contributed by atoms with E-state index in [1.807, 2.05) is 0 Å². The van der Waals surface area contributed by atoms with Crippen LogP contribution in [0.5, 0.6) is 0 Å². The van der Waals surface area contributed by atoms with Gasteiger partial charge in [-0.1, -0.05) is 41.3 Å². The Hall–Kier alpha value is -10.9. The number of hydrogen-bond donors (Lipinski definition) is 24. The number of carbonyl (C=O) groups is 12. The number of rotatable bonds is 22. The summed E-state index contributed by atoms with van der Waals surface area (Å²) in [5.41, 5.74) is 74.1. The van der Waals surface area contributed by atoms with Crippen LogP contribution in [0.1, 0.15) is 150 Å². The van der Waals surface area contributed by atoms with E-state index in [9.17, 15) is 57.5 Å². The van der Waals surface area contributed by atoms with Crippen LogP contribution >= 0.6 is 0 Å². The summed E-state index contributed by atoms with van der Waals surface area (Å²) in [4.78, 5) is 127. The van der Waals surface area contributed by atoms with Gasteiger partial charge in [0.05, 0.1) is 101 Å². The van der Waals surface area contributed by atoms with Crippen LogP contribution in [0.3, 0.4) is 0 Å². The summed E-state index contributed by atoms with van der Waals surface area (Å²) in [5, 5.41) is 57.8. The Kier molecular flexibility index (Phi) is 50.8. The molecule has 2 saturated carbocycles. The molecule has 122 heavy (non-hydrogen) atoms. The van der Waals surface area contributed by atoms with Crippen LogP contribution in [0.4, 0.5) is 9.59 Å². The Labute approximate surface area is 708 Å². The standard InChI is InChI=1S/2C10H17NO.2C6H12N4O.2C6H10N4O.2C6H11NO.2C4H8N4O2.C4H8N4O.C4H6N4O/c2*1-7(12)10-9-5-3-2-4-8(9)6-11-10;4*1-5(11)4-10-6(2-7)3-8-9-10;2*1-5(8)6-3-2-4-7-6;2*5-1-3-2-6-7-8(3)4(9)10;2*5-1-4-2-6-7-8(4)3-9/h2*8-11H,2-6H2,1H3;2*3,8-9H,2,4,7H2,1H3;2*3H,2,4,7H2,1H3;2*6-7H,2-4H2,1H3;2*2,6-7H,1,5H2,(H,9,10);2-3,6-7H,1,5H2;2-3H,1,5H2. The number of fused-ring (bicyclic) bond motifs is 2. The van der Waals surface area contributed by atoms with E-state index in [2.05, 4.69) is 107 Å². The number of nitrogens with zero attached hydrogens (tertiary/aromatic N) is 14. The highest BCUT2D eigenvalue weighted by Gasteiger charge is 2.40. The van der Waals surface area contributed by atoms with Crippen molar-refractivity contribution in [1.82, 2.24) is 146 Å². The minimum Gasteiger partial charge on any atom is -0.464 e. The highest BCUT2D eigenvalue weighted by molar-refractivity contribution is 5.83. The number of hydrogen-bond acceptors (Lipinski definition) is 42. The molecule has 8 atom stereocenters. The van der Waals surface area contributed by atoms with E-state index in [0.29, 0.717) is 99.1 Å². The topological polar surface area (TPSA) is 730 Å². The highest BCUT2D eigenvalue weighted by Crippen LogP contribution is 2.37. The van der Waals surface area contributed by atoms with Crippen molar-refractivity contribution >= 4 is 71.3 Å². The SMILES string of the molecule is CC(=O)C1CCCN1.CC(=O)C1CCCN1.CC(=O)C1NCC2CCCCC21.CC(=O)C1NCC2CCCCC21.CC(=O)CN1NNC=C1CN.CC(=O)CN1NNC=C1CN.CC(=O)Cn1nncc1CN.CC(=O)Cn1nncc1CN.NCC1=CNNN1C(=O)O.NCC1=CNNN1C(=O)O.NCC1=CNNN1C=O.NCc1cnnn1C=O. The van der Waals surface area contributed by atoms with Crippen LogP contribution in [-0.4, -0.2) is 248 Å². The fourth-order valence-electron chi connectivity index (χ4n) is 13.3. The van der Waals surface area contributed by atoms with Crippen molar-refractivity contribution in [1.29, 1.82) is 0 Å². The maximum Gasteiger partial charge on any atom is 0.427 e. The quantitative estimate of drug-likeness (QED) is 0.0417. The largest absolute Gasteiger partial charge is 0.464 e. The summed E-state index contributed by atoms with van der Waals surface area (Å²) < 4.78 is 4.10. The fourth-order valence-corrected chi connectivity index (χ4v) is 13.3. The van der Waals surface area contributed by atoms with Gasteiger partial charge in [0.15, 0.2) is 23.1 Å². The summed E-state index contributed by atoms with van der Waals surface area (Å²) in [6.45, 7) is 20.8. The Bertz CT molecular complexity index is 3710. The molecular weight excluding hydrogens is 1590 g/mol. The van der Waals surface area contributed by atoms with Crippen molar-refractivity contribution in [2.45, 2.75) is 189 Å². The van der Waals surface area contributed by atoms with Crippen molar-refractivity contribution in [3.63, 3.8) is 0 Å². The van der Waals surface area contributed by atoms with Crippen molar-refractivity contribution in [3.05, 3.63) is 95.2 Å². The summed E-state index contributed by atoms with van der Waals surface area (Å²) in [6.07, 6.45) is 26.7. The molecule has 50 nitrogen and oxygen atoms in total. The molecule has 0 radical (unpaired) electrons. The number of ketones is 8. The van der Waals surface area contributed by atoms with Gasteiger partial charge in [-0.05, 0) is 157 Å². The third kappa shape index (κ3) is 38.0. The number of carbonyl (C=O) groups excluding carboxylic acids is 10. The predicted molar refractivity (Wildman–Crippen MR) is 446 cm³/mol. The minimum atomic E-state index is -1.08. The highest BCUT2D eigenvalue weighted by atomic mass is 16.4. The van der Waals surface area contributed by atoms with Gasteiger partial charge in [-0.3, -0.25) is 58.0 Å². The first-order chi connectivity index (χ1) is 58.4. The average Bonchev–Trinajstić information content (AvgIpc) is 1.68. The van der Waals surface area contributed by atoms with E-state index in [4.69, 9.17) is 56.1 Å². The molecule has 3 amide bonds.